The molecule has 0 radical (unpaired) electrons. The molecular weight excluding hydrogens is 634 g/mol. The van der Waals surface area contributed by atoms with Crippen LogP contribution in [0.3, 0.4) is 0 Å². The van der Waals surface area contributed by atoms with Crippen LogP contribution >= 0.6 is 11.6 Å². The lowest BCUT2D eigenvalue weighted by molar-refractivity contribution is -0.140. The number of alkyl halides is 3. The maximum absolute atomic E-state index is 14.9. The quantitative estimate of drug-likeness (QED) is 0.242. The standard InChI is InChI=1S/C32H34ClF4N3O4S/c1-45(43,44)40(25-16-17-27(33)26(19-25)32(35,36)37)21-30(41)39(20-23-12-8-9-15-28(23)34)29(18-22-10-4-2-5-11-22)31(42)38-24-13-6-3-7-14-24/h2,4-5,8-12,15-17,19,24,29H,3,6-7,13-14,18,20-21H2,1H3,(H,38,42). The van der Waals surface area contributed by atoms with Gasteiger partial charge in [-0.3, -0.25) is 13.9 Å². The molecule has 45 heavy (non-hydrogen) atoms. The highest BCUT2D eigenvalue weighted by Crippen LogP contribution is 2.37. The molecule has 0 bridgehead atoms. The van der Waals surface area contributed by atoms with Crippen LogP contribution in [0.1, 0.15) is 48.8 Å². The van der Waals surface area contributed by atoms with Crippen molar-refractivity contribution in [3.63, 3.8) is 0 Å². The first kappa shape index (κ1) is 34.2. The Hall–Kier alpha value is -3.64. The summed E-state index contributed by atoms with van der Waals surface area (Å²) in [6.07, 6.45) is 0.288. The topological polar surface area (TPSA) is 86.8 Å². The van der Waals surface area contributed by atoms with Crippen molar-refractivity contribution < 1.29 is 35.6 Å². The molecule has 1 aliphatic carbocycles. The fourth-order valence-corrected chi connectivity index (χ4v) is 6.47. The third kappa shape index (κ3) is 9.20. The van der Waals surface area contributed by atoms with Gasteiger partial charge in [0.25, 0.3) is 0 Å². The average Bonchev–Trinajstić information content (AvgIpc) is 2.98. The SMILES string of the molecule is CS(=O)(=O)N(CC(=O)N(Cc1ccccc1F)C(Cc1ccccc1)C(=O)NC1CCCCC1)c1ccc(Cl)c(C(F)(F)F)c1. The van der Waals surface area contributed by atoms with E-state index in [4.69, 9.17) is 11.6 Å². The van der Waals surface area contributed by atoms with Gasteiger partial charge >= 0.3 is 6.18 Å². The van der Waals surface area contributed by atoms with Crippen molar-refractivity contribution in [2.75, 3.05) is 17.1 Å². The number of hydrogen-bond donors (Lipinski definition) is 1. The van der Waals surface area contributed by atoms with E-state index in [2.05, 4.69) is 5.32 Å². The fraction of sp³-hybridized carbons (Fsp3) is 0.375. The van der Waals surface area contributed by atoms with Crippen LogP contribution in [0.15, 0.2) is 72.8 Å². The van der Waals surface area contributed by atoms with E-state index < -0.39 is 69.2 Å². The van der Waals surface area contributed by atoms with Gasteiger partial charge in [-0.2, -0.15) is 13.2 Å². The number of benzene rings is 3. The Labute approximate surface area is 265 Å². The van der Waals surface area contributed by atoms with Crippen LogP contribution in [0.2, 0.25) is 5.02 Å². The van der Waals surface area contributed by atoms with Crippen LogP contribution in [0.5, 0.6) is 0 Å². The summed E-state index contributed by atoms with van der Waals surface area (Å²) < 4.78 is 82.2. The molecule has 1 aliphatic rings. The molecular formula is C32H34ClF4N3O4S. The van der Waals surface area contributed by atoms with Gasteiger partial charge in [0, 0.05) is 24.6 Å². The number of carbonyl (C=O) groups excluding carboxylic acids is 2. The maximum Gasteiger partial charge on any atom is 0.417 e. The summed E-state index contributed by atoms with van der Waals surface area (Å²) in [4.78, 5) is 29.1. The summed E-state index contributed by atoms with van der Waals surface area (Å²) in [6.45, 7) is -1.35. The number of nitrogens with one attached hydrogen (secondary N) is 1. The van der Waals surface area contributed by atoms with Crippen molar-refractivity contribution in [1.82, 2.24) is 10.2 Å². The Morgan fingerprint density at radius 3 is 2.24 bits per heavy atom. The molecule has 13 heteroatoms. The molecule has 7 nitrogen and oxygen atoms in total. The van der Waals surface area contributed by atoms with Gasteiger partial charge in [0.05, 0.1) is 22.5 Å². The van der Waals surface area contributed by atoms with E-state index in [0.29, 0.717) is 15.9 Å². The van der Waals surface area contributed by atoms with Crippen molar-refractivity contribution >= 4 is 39.1 Å². The minimum Gasteiger partial charge on any atom is -0.352 e. The van der Waals surface area contributed by atoms with Crippen LogP contribution in [0.25, 0.3) is 0 Å². The second-order valence-corrected chi connectivity index (χ2v) is 13.4. The number of rotatable bonds is 11. The Morgan fingerprint density at radius 2 is 1.62 bits per heavy atom. The van der Waals surface area contributed by atoms with Gasteiger partial charge < -0.3 is 10.2 Å². The van der Waals surface area contributed by atoms with Crippen LogP contribution in [0, 0.1) is 5.82 Å². The molecule has 1 fully saturated rings. The molecule has 3 aromatic carbocycles. The van der Waals surface area contributed by atoms with Gasteiger partial charge in [0.2, 0.25) is 21.8 Å². The minimum absolute atomic E-state index is 0.0254. The lowest BCUT2D eigenvalue weighted by Crippen LogP contribution is -2.55. The molecule has 1 unspecified atom stereocenters. The lowest BCUT2D eigenvalue weighted by atomic mass is 9.94. The number of carbonyl (C=O) groups is 2. The molecule has 0 saturated heterocycles. The van der Waals surface area contributed by atoms with Crippen LogP contribution in [0.4, 0.5) is 23.2 Å². The molecule has 1 atom stereocenters. The predicted molar refractivity (Wildman–Crippen MR) is 165 cm³/mol. The number of amides is 2. The van der Waals surface area contributed by atoms with E-state index in [9.17, 15) is 35.6 Å². The molecule has 2 amide bonds. The summed E-state index contributed by atoms with van der Waals surface area (Å²) in [5.74, 6) is -2.05. The zero-order chi connectivity index (χ0) is 32.8. The summed E-state index contributed by atoms with van der Waals surface area (Å²) in [5.41, 5.74) is -0.953. The Balaban J connectivity index is 1.76. The fourth-order valence-electron chi connectivity index (χ4n) is 5.41. The molecule has 0 spiro atoms. The zero-order valence-electron chi connectivity index (χ0n) is 24.6. The van der Waals surface area contributed by atoms with Crippen molar-refractivity contribution in [3.8, 4) is 0 Å². The Bertz CT molecular complexity index is 1600. The molecule has 0 aromatic heterocycles. The number of halogens is 5. The zero-order valence-corrected chi connectivity index (χ0v) is 26.1. The van der Waals surface area contributed by atoms with E-state index in [1.54, 1.807) is 36.4 Å². The van der Waals surface area contributed by atoms with Crippen molar-refractivity contribution in [3.05, 3.63) is 100 Å². The Morgan fingerprint density at radius 1 is 0.978 bits per heavy atom. The second kappa shape index (κ2) is 14.6. The normalized spacial score (nSPS) is 14.9. The first-order valence-corrected chi connectivity index (χ1v) is 16.7. The van der Waals surface area contributed by atoms with Gasteiger partial charge in [-0.25, -0.2) is 12.8 Å². The second-order valence-electron chi connectivity index (χ2n) is 11.1. The average molecular weight is 668 g/mol. The van der Waals surface area contributed by atoms with Crippen LogP contribution in [-0.2, 0) is 38.8 Å². The first-order chi connectivity index (χ1) is 21.2. The highest BCUT2D eigenvalue weighted by atomic mass is 35.5. The smallest absolute Gasteiger partial charge is 0.352 e. The van der Waals surface area contributed by atoms with Crippen molar-refractivity contribution in [2.24, 2.45) is 0 Å². The summed E-state index contributed by atoms with van der Waals surface area (Å²) in [5, 5.41) is 2.38. The van der Waals surface area contributed by atoms with Gasteiger partial charge in [-0.15, -0.1) is 0 Å². The first-order valence-electron chi connectivity index (χ1n) is 14.5. The van der Waals surface area contributed by atoms with Crippen molar-refractivity contribution in [1.29, 1.82) is 0 Å². The largest absolute Gasteiger partial charge is 0.417 e. The van der Waals surface area contributed by atoms with Gasteiger partial charge in [-0.1, -0.05) is 79.4 Å². The maximum atomic E-state index is 14.9. The highest BCUT2D eigenvalue weighted by Gasteiger charge is 2.37. The Kier molecular flexibility index (Phi) is 11.1. The molecule has 1 saturated carbocycles. The number of anilines is 1. The van der Waals surface area contributed by atoms with E-state index in [1.165, 1.54) is 18.2 Å². The number of sulfonamides is 1. The van der Waals surface area contributed by atoms with Gasteiger partial charge in [0.15, 0.2) is 0 Å². The third-order valence-corrected chi connectivity index (χ3v) is 9.21. The molecule has 0 heterocycles. The highest BCUT2D eigenvalue weighted by molar-refractivity contribution is 7.92. The third-order valence-electron chi connectivity index (χ3n) is 7.74. The van der Waals surface area contributed by atoms with Crippen LogP contribution < -0.4 is 9.62 Å². The monoisotopic (exact) mass is 667 g/mol. The summed E-state index contributed by atoms with van der Waals surface area (Å²) in [6, 6.07) is 15.7. The summed E-state index contributed by atoms with van der Waals surface area (Å²) >= 11 is 5.75. The predicted octanol–water partition coefficient (Wildman–Crippen LogP) is 6.35. The van der Waals surface area contributed by atoms with Crippen molar-refractivity contribution in [2.45, 2.75) is 63.3 Å². The minimum atomic E-state index is -4.89. The number of hydrogen-bond acceptors (Lipinski definition) is 4. The van der Waals surface area contributed by atoms with Gasteiger partial charge in [-0.05, 0) is 42.7 Å². The van der Waals surface area contributed by atoms with E-state index >= 15 is 0 Å². The van der Waals surface area contributed by atoms with Gasteiger partial charge in [0.1, 0.15) is 18.4 Å². The summed E-state index contributed by atoms with van der Waals surface area (Å²) in [7, 11) is -4.33. The van der Waals surface area contributed by atoms with E-state index in [0.717, 1.165) is 55.4 Å². The molecule has 4 rings (SSSR count). The molecule has 242 valence electrons. The van der Waals surface area contributed by atoms with E-state index in [-0.39, 0.29) is 18.0 Å². The van der Waals surface area contributed by atoms with E-state index in [1.807, 2.05) is 0 Å². The molecule has 1 N–H and O–H groups in total. The molecule has 3 aromatic rings. The molecule has 0 aliphatic heterocycles. The van der Waals surface area contributed by atoms with Crippen LogP contribution in [-0.4, -0.2) is 50.0 Å². The lowest BCUT2D eigenvalue weighted by Gasteiger charge is -2.35. The number of nitrogens with zero attached hydrogens (tertiary/aromatic N) is 2.